The molecule has 146 valence electrons. The van der Waals surface area contributed by atoms with Gasteiger partial charge in [0.25, 0.3) is 5.91 Å². The quantitative estimate of drug-likeness (QED) is 0.734. The van der Waals surface area contributed by atoms with Crippen molar-refractivity contribution in [2.45, 2.75) is 43.8 Å². The Kier molecular flexibility index (Phi) is 3.96. The van der Waals surface area contributed by atoms with Gasteiger partial charge in [-0.3, -0.25) is 9.78 Å². The van der Waals surface area contributed by atoms with Crippen LogP contribution in [0.3, 0.4) is 0 Å². The van der Waals surface area contributed by atoms with Gasteiger partial charge in [-0.2, -0.15) is 0 Å². The maximum atomic E-state index is 15.0. The van der Waals surface area contributed by atoms with Crippen molar-refractivity contribution in [1.82, 2.24) is 15.0 Å². The number of nitrogens with zero attached hydrogens (tertiary/aromatic N) is 3. The molecule has 2 heterocycles. The SMILES string of the molecule is NC(=O)c1cnc(Nc2cnccn2)cc1NC1C2CC3CC1CC(F)(C3)C2. The number of carbonyl (C=O) groups is 1. The van der Waals surface area contributed by atoms with E-state index in [1.165, 1.54) is 6.20 Å². The molecule has 0 aliphatic heterocycles. The molecule has 0 aromatic carbocycles. The maximum absolute atomic E-state index is 15.0. The number of halogens is 1. The zero-order valence-electron chi connectivity index (χ0n) is 15.4. The van der Waals surface area contributed by atoms with Gasteiger partial charge in [-0.25, -0.2) is 14.4 Å². The van der Waals surface area contributed by atoms with Crippen LogP contribution in [-0.4, -0.2) is 32.6 Å². The Bertz CT molecular complexity index is 891. The van der Waals surface area contributed by atoms with Crippen LogP contribution in [0.4, 0.5) is 21.7 Å². The van der Waals surface area contributed by atoms with Gasteiger partial charge < -0.3 is 16.4 Å². The highest BCUT2D eigenvalue weighted by molar-refractivity contribution is 5.98. The molecule has 4 saturated carbocycles. The number of nitrogens with two attached hydrogens (primary N) is 1. The number of carbonyl (C=O) groups excluding carboxylic acids is 1. The molecule has 2 unspecified atom stereocenters. The van der Waals surface area contributed by atoms with E-state index in [1.807, 2.05) is 0 Å². The van der Waals surface area contributed by atoms with E-state index in [-0.39, 0.29) is 6.04 Å². The summed E-state index contributed by atoms with van der Waals surface area (Å²) in [5, 5.41) is 6.62. The van der Waals surface area contributed by atoms with Gasteiger partial charge in [0.05, 0.1) is 17.4 Å². The Labute approximate surface area is 162 Å². The molecule has 0 spiro atoms. The monoisotopic (exact) mass is 382 g/mol. The number of rotatable bonds is 5. The van der Waals surface area contributed by atoms with E-state index in [0.717, 1.165) is 19.3 Å². The summed E-state index contributed by atoms with van der Waals surface area (Å²) in [6, 6.07) is 1.93. The first-order valence-electron chi connectivity index (χ1n) is 9.77. The van der Waals surface area contributed by atoms with Crippen LogP contribution in [-0.2, 0) is 0 Å². The molecule has 8 heteroatoms. The van der Waals surface area contributed by atoms with Crippen molar-refractivity contribution in [2.24, 2.45) is 23.5 Å². The molecule has 2 atom stereocenters. The minimum Gasteiger partial charge on any atom is -0.381 e. The van der Waals surface area contributed by atoms with Crippen LogP contribution >= 0.6 is 0 Å². The van der Waals surface area contributed by atoms with Crippen LogP contribution in [0.5, 0.6) is 0 Å². The fraction of sp³-hybridized carbons (Fsp3) is 0.500. The molecule has 4 aliphatic rings. The summed E-state index contributed by atoms with van der Waals surface area (Å²) in [5.41, 5.74) is 5.56. The lowest BCUT2D eigenvalue weighted by atomic mass is 9.53. The van der Waals surface area contributed by atoms with Crippen LogP contribution in [0.15, 0.2) is 30.9 Å². The van der Waals surface area contributed by atoms with Crippen molar-refractivity contribution in [3.63, 3.8) is 0 Å². The molecule has 7 nitrogen and oxygen atoms in total. The molecule has 6 rings (SSSR count). The van der Waals surface area contributed by atoms with Crippen molar-refractivity contribution in [3.05, 3.63) is 36.4 Å². The van der Waals surface area contributed by atoms with Gasteiger partial charge in [-0.05, 0) is 49.9 Å². The third-order valence-corrected chi connectivity index (χ3v) is 6.51. The Hall–Kier alpha value is -2.77. The number of pyridine rings is 1. The van der Waals surface area contributed by atoms with Gasteiger partial charge in [0.1, 0.15) is 17.3 Å². The van der Waals surface area contributed by atoms with Crippen LogP contribution in [0.2, 0.25) is 0 Å². The molecule has 4 N–H and O–H groups in total. The number of amides is 1. The fourth-order valence-corrected chi connectivity index (χ4v) is 5.67. The smallest absolute Gasteiger partial charge is 0.252 e. The largest absolute Gasteiger partial charge is 0.381 e. The van der Waals surface area contributed by atoms with Crippen molar-refractivity contribution >= 4 is 23.2 Å². The van der Waals surface area contributed by atoms with E-state index >= 15 is 0 Å². The first kappa shape index (κ1) is 17.3. The van der Waals surface area contributed by atoms with Crippen molar-refractivity contribution in [2.75, 3.05) is 10.6 Å². The summed E-state index contributed by atoms with van der Waals surface area (Å²) in [7, 11) is 0. The zero-order valence-corrected chi connectivity index (χ0v) is 15.4. The van der Waals surface area contributed by atoms with Gasteiger partial charge in [-0.15, -0.1) is 0 Å². The maximum Gasteiger partial charge on any atom is 0.252 e. The Morgan fingerprint density at radius 3 is 2.54 bits per heavy atom. The van der Waals surface area contributed by atoms with Crippen LogP contribution in [0.1, 0.15) is 42.5 Å². The molecule has 4 aliphatic carbocycles. The summed E-state index contributed by atoms with van der Waals surface area (Å²) in [4.78, 5) is 24.4. The number of aromatic nitrogens is 3. The normalized spacial score (nSPS) is 32.9. The number of primary amides is 1. The minimum absolute atomic E-state index is 0.158. The summed E-state index contributed by atoms with van der Waals surface area (Å²) in [6.07, 6.45) is 10.3. The molecular formula is C20H23FN6O. The number of hydrogen-bond donors (Lipinski definition) is 3. The van der Waals surface area contributed by atoms with Gasteiger partial charge >= 0.3 is 0 Å². The number of nitrogens with one attached hydrogen (secondary N) is 2. The highest BCUT2D eigenvalue weighted by Crippen LogP contribution is 2.57. The number of alkyl halides is 1. The van der Waals surface area contributed by atoms with E-state index in [4.69, 9.17) is 5.73 Å². The number of anilines is 3. The summed E-state index contributed by atoms with van der Waals surface area (Å²) >= 11 is 0. The van der Waals surface area contributed by atoms with E-state index in [0.29, 0.717) is 53.5 Å². The van der Waals surface area contributed by atoms with Crippen molar-refractivity contribution in [3.8, 4) is 0 Å². The average molecular weight is 382 g/mol. The van der Waals surface area contributed by atoms with Crippen molar-refractivity contribution in [1.29, 1.82) is 0 Å². The fourth-order valence-electron chi connectivity index (χ4n) is 5.67. The minimum atomic E-state index is -0.988. The predicted molar refractivity (Wildman–Crippen MR) is 103 cm³/mol. The number of hydrogen-bond acceptors (Lipinski definition) is 6. The average Bonchev–Trinajstić information content (AvgIpc) is 2.64. The van der Waals surface area contributed by atoms with Gasteiger partial charge in [0.2, 0.25) is 0 Å². The lowest BCUT2D eigenvalue weighted by molar-refractivity contribution is -0.0800. The highest BCUT2D eigenvalue weighted by Gasteiger charge is 2.56. The summed E-state index contributed by atoms with van der Waals surface area (Å²) < 4.78 is 15.0. The zero-order chi connectivity index (χ0) is 19.3. The topological polar surface area (TPSA) is 106 Å². The highest BCUT2D eigenvalue weighted by atomic mass is 19.1. The summed E-state index contributed by atoms with van der Waals surface area (Å²) in [5.74, 6) is 1.65. The van der Waals surface area contributed by atoms with Gasteiger partial charge in [0, 0.05) is 30.7 Å². The van der Waals surface area contributed by atoms with Crippen LogP contribution in [0.25, 0.3) is 0 Å². The Balaban J connectivity index is 1.42. The second-order valence-corrected chi connectivity index (χ2v) is 8.49. The lowest BCUT2D eigenvalue weighted by Crippen LogP contribution is -2.57. The Morgan fingerprint density at radius 2 is 1.89 bits per heavy atom. The third kappa shape index (κ3) is 3.06. The molecule has 2 aromatic heterocycles. The molecule has 0 radical (unpaired) electrons. The van der Waals surface area contributed by atoms with E-state index in [1.54, 1.807) is 24.7 Å². The van der Waals surface area contributed by atoms with E-state index in [9.17, 15) is 9.18 Å². The molecule has 1 amide bonds. The lowest BCUT2D eigenvalue weighted by Gasteiger charge is -2.57. The molecule has 2 aromatic rings. The summed E-state index contributed by atoms with van der Waals surface area (Å²) in [6.45, 7) is 0. The molecular weight excluding hydrogens is 359 g/mol. The second kappa shape index (κ2) is 6.39. The van der Waals surface area contributed by atoms with E-state index < -0.39 is 11.6 Å². The molecule has 4 fully saturated rings. The molecule has 4 bridgehead atoms. The first-order chi connectivity index (χ1) is 13.5. The molecule has 28 heavy (non-hydrogen) atoms. The van der Waals surface area contributed by atoms with Gasteiger partial charge in [0.15, 0.2) is 0 Å². The van der Waals surface area contributed by atoms with E-state index in [2.05, 4.69) is 25.6 Å². The Morgan fingerprint density at radius 1 is 1.11 bits per heavy atom. The van der Waals surface area contributed by atoms with Crippen LogP contribution in [0, 0.1) is 17.8 Å². The first-order valence-corrected chi connectivity index (χ1v) is 9.77. The van der Waals surface area contributed by atoms with Gasteiger partial charge in [-0.1, -0.05) is 0 Å². The van der Waals surface area contributed by atoms with Crippen LogP contribution < -0.4 is 16.4 Å². The third-order valence-electron chi connectivity index (χ3n) is 6.51. The predicted octanol–water partition coefficient (Wildman–Crippen LogP) is 3.04. The van der Waals surface area contributed by atoms with Crippen molar-refractivity contribution < 1.29 is 9.18 Å². The molecule has 0 saturated heterocycles. The second-order valence-electron chi connectivity index (χ2n) is 8.49. The standard InChI is InChI=1S/C20H23FN6O/c21-20-6-11-3-12(7-20)18(13(4-11)8-20)26-15-5-16(25-9-14(15)19(22)28)27-17-10-23-1-2-24-17/h1-2,5,9-13,18H,3-4,6-8H2,(H2,22,28)(H2,24,25,26,27).